The first kappa shape index (κ1) is 15.0. The van der Waals surface area contributed by atoms with Crippen LogP contribution < -0.4 is 0 Å². The minimum atomic E-state index is -0.212. The lowest BCUT2D eigenvalue weighted by Crippen LogP contribution is -2.46. The topological polar surface area (TPSA) is 23.6 Å². The molecule has 1 amide bonds. The highest BCUT2D eigenvalue weighted by atomic mass is 19.1. The quantitative estimate of drug-likeness (QED) is 0.844. The van der Waals surface area contributed by atoms with Crippen LogP contribution in [0.3, 0.4) is 0 Å². The van der Waals surface area contributed by atoms with Crippen LogP contribution in [0.1, 0.15) is 25.3 Å². The monoisotopic (exact) mass is 278 g/mol. The summed E-state index contributed by atoms with van der Waals surface area (Å²) in [6, 6.07) is 6.96. The summed E-state index contributed by atoms with van der Waals surface area (Å²) in [6.07, 6.45) is 2.77. The summed E-state index contributed by atoms with van der Waals surface area (Å²) in [4.78, 5) is 16.1. The summed E-state index contributed by atoms with van der Waals surface area (Å²) in [6.45, 7) is 4.37. The molecule has 1 fully saturated rings. The first-order chi connectivity index (χ1) is 9.56. The number of halogens is 1. The Morgan fingerprint density at radius 3 is 2.70 bits per heavy atom. The van der Waals surface area contributed by atoms with Gasteiger partial charge in [0.25, 0.3) is 0 Å². The van der Waals surface area contributed by atoms with Crippen LogP contribution in [0.4, 0.5) is 4.39 Å². The number of benzene rings is 1. The number of hydrogen-bond donors (Lipinski definition) is 0. The molecule has 0 aromatic heterocycles. The lowest BCUT2D eigenvalue weighted by Gasteiger charge is -2.37. The summed E-state index contributed by atoms with van der Waals surface area (Å²) in [5, 5.41) is 0. The van der Waals surface area contributed by atoms with Crippen molar-refractivity contribution in [3.63, 3.8) is 0 Å². The van der Waals surface area contributed by atoms with Crippen molar-refractivity contribution in [2.75, 3.05) is 26.7 Å². The normalized spacial score (nSPS) is 17.1. The highest BCUT2D eigenvalue weighted by Gasteiger charge is 2.24. The minimum absolute atomic E-state index is 0.121. The Bertz CT molecular complexity index is 456. The summed E-state index contributed by atoms with van der Waals surface area (Å²) >= 11 is 0. The molecule has 1 heterocycles. The molecule has 1 aliphatic heterocycles. The Kier molecular flexibility index (Phi) is 5.12. The van der Waals surface area contributed by atoms with Gasteiger partial charge in [-0.3, -0.25) is 4.79 Å². The summed E-state index contributed by atoms with van der Waals surface area (Å²) in [5.41, 5.74) is 0.948. The van der Waals surface area contributed by atoms with Crippen LogP contribution >= 0.6 is 0 Å². The van der Waals surface area contributed by atoms with Gasteiger partial charge in [0.2, 0.25) is 5.91 Å². The Labute approximate surface area is 120 Å². The predicted molar refractivity (Wildman–Crippen MR) is 78.0 cm³/mol. The maximum atomic E-state index is 13.2. The van der Waals surface area contributed by atoms with Gasteiger partial charge in [-0.05, 0) is 57.1 Å². The van der Waals surface area contributed by atoms with Crippen LogP contribution in [-0.4, -0.2) is 48.4 Å². The van der Waals surface area contributed by atoms with Crippen molar-refractivity contribution in [2.45, 2.75) is 32.2 Å². The second-order valence-corrected chi connectivity index (χ2v) is 5.63. The van der Waals surface area contributed by atoms with E-state index in [4.69, 9.17) is 0 Å². The van der Waals surface area contributed by atoms with Crippen molar-refractivity contribution in [1.82, 2.24) is 9.80 Å². The zero-order valence-electron chi connectivity index (χ0n) is 12.3. The van der Waals surface area contributed by atoms with E-state index in [0.717, 1.165) is 31.5 Å². The number of carbonyl (C=O) groups is 1. The van der Waals surface area contributed by atoms with Crippen molar-refractivity contribution in [2.24, 2.45) is 0 Å². The van der Waals surface area contributed by atoms with E-state index in [9.17, 15) is 9.18 Å². The van der Waals surface area contributed by atoms with Crippen LogP contribution in [0.15, 0.2) is 24.3 Å². The zero-order chi connectivity index (χ0) is 14.5. The van der Waals surface area contributed by atoms with Crippen LogP contribution in [-0.2, 0) is 11.2 Å². The highest BCUT2D eigenvalue weighted by molar-refractivity contribution is 5.73. The largest absolute Gasteiger partial charge is 0.340 e. The SMILES string of the molecule is CC(=O)N(CCc1cccc(F)c1)C1CCN(C)CC1. The van der Waals surface area contributed by atoms with Gasteiger partial charge in [0.05, 0.1) is 0 Å². The van der Waals surface area contributed by atoms with E-state index in [1.54, 1.807) is 19.1 Å². The molecule has 1 aromatic carbocycles. The van der Waals surface area contributed by atoms with Crippen molar-refractivity contribution >= 4 is 5.91 Å². The molecule has 0 atom stereocenters. The van der Waals surface area contributed by atoms with Crippen LogP contribution in [0.2, 0.25) is 0 Å². The molecule has 1 aromatic rings. The third kappa shape index (κ3) is 4.04. The van der Waals surface area contributed by atoms with E-state index < -0.39 is 0 Å². The lowest BCUT2D eigenvalue weighted by atomic mass is 10.0. The molecule has 1 saturated heterocycles. The van der Waals surface area contributed by atoms with E-state index in [2.05, 4.69) is 11.9 Å². The second-order valence-electron chi connectivity index (χ2n) is 5.63. The standard InChI is InChI=1S/C16H23FN2O/c1-13(20)19(16-7-9-18(2)10-8-16)11-6-14-4-3-5-15(17)12-14/h3-5,12,16H,6-11H2,1-2H3. The molecule has 0 bridgehead atoms. The number of nitrogens with zero attached hydrogens (tertiary/aromatic N) is 2. The number of likely N-dealkylation sites (tertiary alicyclic amines) is 1. The number of amides is 1. The van der Waals surface area contributed by atoms with Crippen LogP contribution in [0.5, 0.6) is 0 Å². The Morgan fingerprint density at radius 2 is 2.10 bits per heavy atom. The van der Waals surface area contributed by atoms with Crippen LogP contribution in [0, 0.1) is 5.82 Å². The first-order valence-electron chi connectivity index (χ1n) is 7.26. The van der Waals surface area contributed by atoms with E-state index in [0.29, 0.717) is 19.0 Å². The molecule has 2 rings (SSSR count). The van der Waals surface area contributed by atoms with Gasteiger partial charge >= 0.3 is 0 Å². The predicted octanol–water partition coefficient (Wildman–Crippen LogP) is 2.31. The van der Waals surface area contributed by atoms with E-state index >= 15 is 0 Å². The second kappa shape index (κ2) is 6.84. The first-order valence-corrected chi connectivity index (χ1v) is 7.26. The Balaban J connectivity index is 1.94. The van der Waals surface area contributed by atoms with Gasteiger partial charge in [0.15, 0.2) is 0 Å². The van der Waals surface area contributed by atoms with Crippen molar-refractivity contribution < 1.29 is 9.18 Å². The molecule has 110 valence electrons. The molecule has 0 aliphatic carbocycles. The molecular formula is C16H23FN2O. The van der Waals surface area contributed by atoms with Gasteiger partial charge in [-0.1, -0.05) is 12.1 Å². The van der Waals surface area contributed by atoms with Gasteiger partial charge in [-0.25, -0.2) is 4.39 Å². The Morgan fingerprint density at radius 1 is 1.40 bits per heavy atom. The van der Waals surface area contributed by atoms with Crippen molar-refractivity contribution in [1.29, 1.82) is 0 Å². The summed E-state index contributed by atoms with van der Waals surface area (Å²) in [7, 11) is 2.11. The molecule has 20 heavy (non-hydrogen) atoms. The number of rotatable bonds is 4. The molecule has 3 nitrogen and oxygen atoms in total. The van der Waals surface area contributed by atoms with E-state index in [-0.39, 0.29) is 11.7 Å². The number of piperidine rings is 1. The van der Waals surface area contributed by atoms with E-state index in [1.807, 2.05) is 11.0 Å². The molecule has 0 N–H and O–H groups in total. The molecule has 0 spiro atoms. The van der Waals surface area contributed by atoms with Gasteiger partial charge in [0, 0.05) is 19.5 Å². The fourth-order valence-corrected chi connectivity index (χ4v) is 2.85. The molecular weight excluding hydrogens is 255 g/mol. The highest BCUT2D eigenvalue weighted by Crippen LogP contribution is 2.16. The zero-order valence-corrected chi connectivity index (χ0v) is 12.3. The summed E-state index contributed by atoms with van der Waals surface area (Å²) < 4.78 is 13.2. The molecule has 0 saturated carbocycles. The molecule has 1 aliphatic rings. The smallest absolute Gasteiger partial charge is 0.219 e. The average molecular weight is 278 g/mol. The molecule has 0 radical (unpaired) electrons. The minimum Gasteiger partial charge on any atom is -0.340 e. The lowest BCUT2D eigenvalue weighted by molar-refractivity contribution is -0.132. The van der Waals surface area contributed by atoms with Crippen LogP contribution in [0.25, 0.3) is 0 Å². The van der Waals surface area contributed by atoms with Crippen molar-refractivity contribution in [3.05, 3.63) is 35.6 Å². The third-order valence-corrected chi connectivity index (χ3v) is 4.06. The van der Waals surface area contributed by atoms with Gasteiger partial charge in [-0.15, -0.1) is 0 Å². The van der Waals surface area contributed by atoms with E-state index in [1.165, 1.54) is 6.07 Å². The maximum Gasteiger partial charge on any atom is 0.219 e. The fourth-order valence-electron chi connectivity index (χ4n) is 2.85. The van der Waals surface area contributed by atoms with Gasteiger partial charge in [-0.2, -0.15) is 0 Å². The third-order valence-electron chi connectivity index (χ3n) is 4.06. The maximum absolute atomic E-state index is 13.2. The number of hydrogen-bond acceptors (Lipinski definition) is 2. The molecule has 0 unspecified atom stereocenters. The van der Waals surface area contributed by atoms with Crippen molar-refractivity contribution in [3.8, 4) is 0 Å². The Hall–Kier alpha value is -1.42. The average Bonchev–Trinajstić information content (AvgIpc) is 2.41. The molecule has 4 heteroatoms. The van der Waals surface area contributed by atoms with Gasteiger partial charge in [0.1, 0.15) is 5.82 Å². The fraction of sp³-hybridized carbons (Fsp3) is 0.562. The summed E-state index contributed by atoms with van der Waals surface area (Å²) in [5.74, 6) is -0.0906. The van der Waals surface area contributed by atoms with Gasteiger partial charge < -0.3 is 9.80 Å². The number of carbonyl (C=O) groups excluding carboxylic acids is 1.